The van der Waals surface area contributed by atoms with Crippen LogP contribution in [0.4, 0.5) is 13.2 Å². The Labute approximate surface area is 115 Å². The molecule has 0 spiro atoms. The van der Waals surface area contributed by atoms with E-state index in [4.69, 9.17) is 4.74 Å². The second kappa shape index (κ2) is 6.45. The molecule has 0 aromatic heterocycles. The Morgan fingerprint density at radius 1 is 1.30 bits per heavy atom. The fourth-order valence-electron chi connectivity index (χ4n) is 2.27. The Morgan fingerprint density at radius 2 is 2.00 bits per heavy atom. The standard InChI is InChI=1S/C14H17F3O3/c15-14(16,17)20-12-5-3-10(4-6-12)13(18)8-7-11-2-1-9-19-11/h3-6,11,13,18H,1-2,7-9H2. The molecule has 0 saturated carbocycles. The van der Waals surface area contributed by atoms with Crippen LogP contribution >= 0.6 is 0 Å². The Kier molecular flexibility index (Phi) is 4.88. The highest BCUT2D eigenvalue weighted by atomic mass is 19.4. The van der Waals surface area contributed by atoms with Crippen LogP contribution in [0.25, 0.3) is 0 Å². The van der Waals surface area contributed by atoms with Gasteiger partial charge in [0.05, 0.1) is 12.2 Å². The minimum Gasteiger partial charge on any atom is -0.406 e. The smallest absolute Gasteiger partial charge is 0.406 e. The maximum atomic E-state index is 12.0. The molecule has 1 N–H and O–H groups in total. The molecule has 1 heterocycles. The molecule has 1 aromatic carbocycles. The molecule has 20 heavy (non-hydrogen) atoms. The van der Waals surface area contributed by atoms with Gasteiger partial charge in [-0.25, -0.2) is 0 Å². The minimum absolute atomic E-state index is 0.192. The van der Waals surface area contributed by atoms with E-state index in [1.165, 1.54) is 24.3 Å². The van der Waals surface area contributed by atoms with Crippen molar-refractivity contribution in [3.05, 3.63) is 29.8 Å². The maximum absolute atomic E-state index is 12.0. The summed E-state index contributed by atoms with van der Waals surface area (Å²) in [6, 6.07) is 5.30. The first-order valence-electron chi connectivity index (χ1n) is 6.59. The van der Waals surface area contributed by atoms with Crippen LogP contribution in [0.2, 0.25) is 0 Å². The van der Waals surface area contributed by atoms with Crippen LogP contribution in [0, 0.1) is 0 Å². The zero-order valence-corrected chi connectivity index (χ0v) is 10.9. The number of benzene rings is 1. The third-order valence-electron chi connectivity index (χ3n) is 3.28. The van der Waals surface area contributed by atoms with Gasteiger partial charge in [0.15, 0.2) is 0 Å². The average Bonchev–Trinajstić information content (AvgIpc) is 2.88. The summed E-state index contributed by atoms with van der Waals surface area (Å²) < 4.78 is 45.3. The van der Waals surface area contributed by atoms with Crippen molar-refractivity contribution in [1.82, 2.24) is 0 Å². The lowest BCUT2D eigenvalue weighted by Gasteiger charge is -2.15. The van der Waals surface area contributed by atoms with Crippen LogP contribution in [-0.2, 0) is 4.74 Å². The lowest BCUT2D eigenvalue weighted by molar-refractivity contribution is -0.274. The van der Waals surface area contributed by atoms with E-state index < -0.39 is 12.5 Å². The normalized spacial score (nSPS) is 20.9. The molecule has 1 saturated heterocycles. The fraction of sp³-hybridized carbons (Fsp3) is 0.571. The Hall–Kier alpha value is -1.27. The molecule has 2 atom stereocenters. The van der Waals surface area contributed by atoms with Crippen molar-refractivity contribution in [1.29, 1.82) is 0 Å². The molecular formula is C14H17F3O3. The largest absolute Gasteiger partial charge is 0.573 e. The zero-order chi connectivity index (χ0) is 14.6. The highest BCUT2D eigenvalue weighted by Gasteiger charge is 2.31. The van der Waals surface area contributed by atoms with Crippen LogP contribution in [0.3, 0.4) is 0 Å². The van der Waals surface area contributed by atoms with E-state index in [9.17, 15) is 18.3 Å². The van der Waals surface area contributed by atoms with E-state index in [1.54, 1.807) is 0 Å². The Bertz CT molecular complexity index is 411. The van der Waals surface area contributed by atoms with E-state index in [1.807, 2.05) is 0 Å². The summed E-state index contributed by atoms with van der Waals surface area (Å²) in [6.07, 6.45) is -1.86. The quantitative estimate of drug-likeness (QED) is 0.901. The highest BCUT2D eigenvalue weighted by Crippen LogP contribution is 2.27. The van der Waals surface area contributed by atoms with Crippen LogP contribution in [0.5, 0.6) is 5.75 Å². The predicted octanol–water partition coefficient (Wildman–Crippen LogP) is 3.58. The van der Waals surface area contributed by atoms with Gasteiger partial charge in [-0.15, -0.1) is 13.2 Å². The predicted molar refractivity (Wildman–Crippen MR) is 66.3 cm³/mol. The van der Waals surface area contributed by atoms with Gasteiger partial charge < -0.3 is 14.6 Å². The molecule has 0 bridgehead atoms. The first kappa shape index (κ1) is 15.1. The lowest BCUT2D eigenvalue weighted by atomic mass is 10.0. The first-order valence-corrected chi connectivity index (χ1v) is 6.59. The molecule has 1 aliphatic rings. The van der Waals surface area contributed by atoms with Gasteiger partial charge in [-0.3, -0.25) is 0 Å². The molecule has 0 radical (unpaired) electrons. The molecule has 6 heteroatoms. The van der Waals surface area contributed by atoms with Gasteiger partial charge in [-0.1, -0.05) is 12.1 Å². The third-order valence-corrected chi connectivity index (χ3v) is 3.28. The third kappa shape index (κ3) is 4.68. The summed E-state index contributed by atoms with van der Waals surface area (Å²) >= 11 is 0. The number of halogens is 3. The molecule has 0 aliphatic carbocycles. The van der Waals surface area contributed by atoms with Crippen molar-refractivity contribution in [2.75, 3.05) is 6.61 Å². The van der Waals surface area contributed by atoms with Crippen molar-refractivity contribution in [3.63, 3.8) is 0 Å². The lowest BCUT2D eigenvalue weighted by Crippen LogP contribution is -2.17. The summed E-state index contributed by atoms with van der Waals surface area (Å²) in [7, 11) is 0. The van der Waals surface area contributed by atoms with E-state index in [0.717, 1.165) is 25.9 Å². The molecule has 1 fully saturated rings. The number of aliphatic hydroxyl groups is 1. The first-order chi connectivity index (χ1) is 9.44. The minimum atomic E-state index is -4.69. The summed E-state index contributed by atoms with van der Waals surface area (Å²) in [6.45, 7) is 0.768. The number of alkyl halides is 3. The molecule has 3 nitrogen and oxygen atoms in total. The average molecular weight is 290 g/mol. The van der Waals surface area contributed by atoms with Gasteiger partial charge in [-0.2, -0.15) is 0 Å². The van der Waals surface area contributed by atoms with E-state index >= 15 is 0 Å². The van der Waals surface area contributed by atoms with Gasteiger partial charge in [0.2, 0.25) is 0 Å². The molecule has 1 aromatic rings. The SMILES string of the molecule is OC(CCC1CCCO1)c1ccc(OC(F)(F)F)cc1. The van der Waals surface area contributed by atoms with Gasteiger partial charge in [0, 0.05) is 6.61 Å². The maximum Gasteiger partial charge on any atom is 0.573 e. The van der Waals surface area contributed by atoms with Crippen LogP contribution in [0.15, 0.2) is 24.3 Å². The van der Waals surface area contributed by atoms with Gasteiger partial charge in [-0.05, 0) is 43.4 Å². The molecule has 112 valence electrons. The van der Waals surface area contributed by atoms with Crippen molar-refractivity contribution < 1.29 is 27.8 Å². The molecule has 0 amide bonds. The summed E-state index contributed by atoms with van der Waals surface area (Å²) in [5.41, 5.74) is 0.581. The van der Waals surface area contributed by atoms with E-state index in [2.05, 4.69) is 4.74 Å². The monoisotopic (exact) mass is 290 g/mol. The van der Waals surface area contributed by atoms with Crippen LogP contribution < -0.4 is 4.74 Å². The molecular weight excluding hydrogens is 273 g/mol. The number of hydrogen-bond donors (Lipinski definition) is 1. The Morgan fingerprint density at radius 3 is 2.55 bits per heavy atom. The molecule has 2 unspecified atom stereocenters. The summed E-state index contributed by atoms with van der Waals surface area (Å²) in [5.74, 6) is -0.285. The van der Waals surface area contributed by atoms with Crippen molar-refractivity contribution in [2.45, 2.75) is 44.3 Å². The van der Waals surface area contributed by atoms with Gasteiger partial charge in [0.1, 0.15) is 5.75 Å². The Balaban J connectivity index is 1.85. The van der Waals surface area contributed by atoms with Crippen molar-refractivity contribution in [2.24, 2.45) is 0 Å². The fourth-order valence-corrected chi connectivity index (χ4v) is 2.27. The second-order valence-electron chi connectivity index (χ2n) is 4.85. The highest BCUT2D eigenvalue weighted by molar-refractivity contribution is 5.28. The number of ether oxygens (including phenoxy) is 2. The molecule has 2 rings (SSSR count). The van der Waals surface area contributed by atoms with E-state index in [0.29, 0.717) is 12.0 Å². The number of aliphatic hydroxyl groups excluding tert-OH is 1. The van der Waals surface area contributed by atoms with Gasteiger partial charge in [0.25, 0.3) is 0 Å². The topological polar surface area (TPSA) is 38.7 Å². The number of rotatable bonds is 5. The van der Waals surface area contributed by atoms with Crippen molar-refractivity contribution >= 4 is 0 Å². The van der Waals surface area contributed by atoms with Crippen LogP contribution in [-0.4, -0.2) is 24.2 Å². The summed E-state index contributed by atoms with van der Waals surface area (Å²) in [4.78, 5) is 0. The van der Waals surface area contributed by atoms with Gasteiger partial charge >= 0.3 is 6.36 Å². The second-order valence-corrected chi connectivity index (χ2v) is 4.85. The van der Waals surface area contributed by atoms with Crippen molar-refractivity contribution in [3.8, 4) is 5.75 Å². The zero-order valence-electron chi connectivity index (χ0n) is 10.9. The summed E-state index contributed by atoms with van der Waals surface area (Å²) in [5, 5.41) is 9.99. The number of hydrogen-bond acceptors (Lipinski definition) is 3. The van der Waals surface area contributed by atoms with E-state index in [-0.39, 0.29) is 11.9 Å². The molecule has 1 aliphatic heterocycles. The van der Waals surface area contributed by atoms with Crippen LogP contribution in [0.1, 0.15) is 37.4 Å².